The molecule has 1 aromatic carbocycles. The Hall–Kier alpha value is -1.08. The molecular weight excluding hydrogens is 303 g/mol. The molecule has 0 heterocycles. The lowest BCUT2D eigenvalue weighted by atomic mass is 9.78. The van der Waals surface area contributed by atoms with E-state index in [0.717, 1.165) is 12.8 Å². The zero-order valence-corrected chi connectivity index (χ0v) is 12.7. The molecule has 3 unspecified atom stereocenters. The molecule has 3 nitrogen and oxygen atoms in total. The van der Waals surface area contributed by atoms with Crippen LogP contribution in [0, 0.1) is 29.3 Å². The number of sulfonamides is 1. The van der Waals surface area contributed by atoms with Crippen molar-refractivity contribution in [3.63, 3.8) is 0 Å². The first-order valence-corrected chi connectivity index (χ1v) is 8.37. The van der Waals surface area contributed by atoms with Crippen LogP contribution in [0.1, 0.15) is 33.1 Å². The summed E-state index contributed by atoms with van der Waals surface area (Å²) in [5, 5.41) is 0. The smallest absolute Gasteiger partial charge is 0.208 e. The van der Waals surface area contributed by atoms with E-state index in [9.17, 15) is 21.6 Å². The lowest BCUT2D eigenvalue weighted by molar-refractivity contribution is 0.226. The van der Waals surface area contributed by atoms with E-state index >= 15 is 0 Å². The summed E-state index contributed by atoms with van der Waals surface area (Å²) in [5.74, 6) is -3.64. The Balaban J connectivity index is 2.28. The van der Waals surface area contributed by atoms with E-state index in [1.54, 1.807) is 0 Å². The molecule has 0 aliphatic heterocycles. The molecular formula is C14H18F3NO2S. The first-order chi connectivity index (χ1) is 9.72. The maximum Gasteiger partial charge on any atom is 0.243 e. The van der Waals surface area contributed by atoms with Crippen molar-refractivity contribution < 1.29 is 21.6 Å². The largest absolute Gasteiger partial charge is 0.243 e. The van der Waals surface area contributed by atoms with Crippen molar-refractivity contribution in [1.82, 2.24) is 4.72 Å². The van der Waals surface area contributed by atoms with E-state index in [1.165, 1.54) is 0 Å². The molecule has 1 fully saturated rings. The Morgan fingerprint density at radius 1 is 1.05 bits per heavy atom. The van der Waals surface area contributed by atoms with Crippen LogP contribution in [0.25, 0.3) is 0 Å². The quantitative estimate of drug-likeness (QED) is 0.869. The van der Waals surface area contributed by atoms with Gasteiger partial charge in [-0.15, -0.1) is 0 Å². The predicted octanol–water partition coefficient (Wildman–Crippen LogP) is 3.21. The third kappa shape index (κ3) is 3.40. The molecule has 1 aliphatic rings. The van der Waals surface area contributed by atoms with Crippen molar-refractivity contribution >= 4 is 10.0 Å². The summed E-state index contributed by atoms with van der Waals surface area (Å²) in [6.07, 6.45) is 2.54. The van der Waals surface area contributed by atoms with Crippen molar-refractivity contribution in [2.75, 3.05) is 0 Å². The van der Waals surface area contributed by atoms with Crippen molar-refractivity contribution in [2.45, 2.75) is 44.0 Å². The second kappa shape index (κ2) is 5.96. The van der Waals surface area contributed by atoms with Crippen LogP contribution in [0.3, 0.4) is 0 Å². The summed E-state index contributed by atoms with van der Waals surface area (Å²) >= 11 is 0. The van der Waals surface area contributed by atoms with Crippen LogP contribution in [0.5, 0.6) is 0 Å². The second-order valence-electron chi connectivity index (χ2n) is 5.69. The summed E-state index contributed by atoms with van der Waals surface area (Å²) in [6.45, 7) is 3.96. The molecule has 0 bridgehead atoms. The highest BCUT2D eigenvalue weighted by atomic mass is 32.2. The molecule has 2 rings (SSSR count). The Labute approximate surface area is 122 Å². The van der Waals surface area contributed by atoms with Crippen molar-refractivity contribution in [3.8, 4) is 0 Å². The van der Waals surface area contributed by atoms with Gasteiger partial charge in [0.15, 0.2) is 11.6 Å². The average molecular weight is 321 g/mol. The highest BCUT2D eigenvalue weighted by Gasteiger charge is 2.32. The van der Waals surface area contributed by atoms with E-state index in [-0.39, 0.29) is 18.0 Å². The first-order valence-electron chi connectivity index (χ1n) is 6.89. The average Bonchev–Trinajstić information content (AvgIpc) is 2.39. The van der Waals surface area contributed by atoms with Crippen LogP contribution in [-0.2, 0) is 10.0 Å². The second-order valence-corrected chi connectivity index (χ2v) is 7.37. The summed E-state index contributed by atoms with van der Waals surface area (Å²) in [4.78, 5) is -0.855. The van der Waals surface area contributed by atoms with Gasteiger partial charge in [0.05, 0.1) is 0 Å². The van der Waals surface area contributed by atoms with E-state index in [0.29, 0.717) is 18.4 Å². The monoisotopic (exact) mass is 321 g/mol. The normalized spacial score (nSPS) is 26.8. The Bertz CT molecular complexity index is 633. The number of rotatable bonds is 3. The van der Waals surface area contributed by atoms with Crippen molar-refractivity contribution in [1.29, 1.82) is 0 Å². The molecule has 0 aromatic heterocycles. The number of hydrogen-bond donors (Lipinski definition) is 1. The van der Waals surface area contributed by atoms with Gasteiger partial charge in [-0.1, -0.05) is 26.7 Å². The minimum atomic E-state index is -4.22. The van der Waals surface area contributed by atoms with Crippen LogP contribution in [0.2, 0.25) is 0 Å². The van der Waals surface area contributed by atoms with Gasteiger partial charge in [0, 0.05) is 12.1 Å². The molecule has 0 radical (unpaired) electrons. The van der Waals surface area contributed by atoms with Crippen LogP contribution in [0.15, 0.2) is 17.0 Å². The van der Waals surface area contributed by atoms with E-state index in [1.807, 2.05) is 13.8 Å². The van der Waals surface area contributed by atoms with Gasteiger partial charge < -0.3 is 0 Å². The minimum Gasteiger partial charge on any atom is -0.208 e. The fourth-order valence-electron chi connectivity index (χ4n) is 2.72. The SMILES string of the molecule is CC1CCCC(NS(=O)(=O)c2cc(F)c(F)cc2F)C1C. The van der Waals surface area contributed by atoms with Crippen LogP contribution in [-0.4, -0.2) is 14.5 Å². The molecule has 0 amide bonds. The Morgan fingerprint density at radius 3 is 2.33 bits per heavy atom. The molecule has 7 heteroatoms. The summed E-state index contributed by atoms with van der Waals surface area (Å²) in [5.41, 5.74) is 0. The van der Waals surface area contributed by atoms with E-state index < -0.39 is 32.4 Å². The Morgan fingerprint density at radius 2 is 1.67 bits per heavy atom. The summed E-state index contributed by atoms with van der Waals surface area (Å²) in [7, 11) is -4.22. The molecule has 21 heavy (non-hydrogen) atoms. The zero-order valence-electron chi connectivity index (χ0n) is 11.9. The highest BCUT2D eigenvalue weighted by Crippen LogP contribution is 2.30. The first kappa shape index (κ1) is 16.3. The standard InChI is InChI=1S/C14H18F3NO2S/c1-8-4-3-5-13(9(8)2)18-21(19,20)14-7-11(16)10(15)6-12(14)17/h6-9,13,18H,3-5H2,1-2H3. The molecule has 3 atom stereocenters. The van der Waals surface area contributed by atoms with Crippen molar-refractivity contribution in [2.24, 2.45) is 11.8 Å². The topological polar surface area (TPSA) is 46.2 Å². The van der Waals surface area contributed by atoms with Gasteiger partial charge in [-0.25, -0.2) is 26.3 Å². The predicted molar refractivity (Wildman–Crippen MR) is 72.6 cm³/mol. The number of nitrogens with one attached hydrogen (secondary N) is 1. The molecule has 1 saturated carbocycles. The maximum absolute atomic E-state index is 13.6. The van der Waals surface area contributed by atoms with Gasteiger partial charge in [-0.3, -0.25) is 0 Å². The number of hydrogen-bond acceptors (Lipinski definition) is 2. The van der Waals surface area contributed by atoms with E-state index in [4.69, 9.17) is 0 Å². The van der Waals surface area contributed by atoms with E-state index in [2.05, 4.69) is 4.72 Å². The summed E-state index contributed by atoms with van der Waals surface area (Å²) in [6, 6.07) is 0.298. The van der Waals surface area contributed by atoms with Gasteiger partial charge in [0.25, 0.3) is 0 Å². The third-order valence-electron chi connectivity index (χ3n) is 4.28. The molecule has 1 aromatic rings. The fraction of sp³-hybridized carbons (Fsp3) is 0.571. The van der Waals surface area contributed by atoms with Crippen molar-refractivity contribution in [3.05, 3.63) is 29.6 Å². The molecule has 1 N–H and O–H groups in total. The molecule has 118 valence electrons. The minimum absolute atomic E-state index is 0.0990. The lowest BCUT2D eigenvalue weighted by Crippen LogP contribution is -2.43. The number of benzene rings is 1. The van der Waals surface area contributed by atoms with Gasteiger partial charge >= 0.3 is 0 Å². The fourth-order valence-corrected chi connectivity index (χ4v) is 4.15. The zero-order chi connectivity index (χ0) is 15.8. The van der Waals surface area contributed by atoms with Gasteiger partial charge in [-0.2, -0.15) is 0 Å². The lowest BCUT2D eigenvalue weighted by Gasteiger charge is -2.34. The molecule has 0 saturated heterocycles. The maximum atomic E-state index is 13.6. The van der Waals surface area contributed by atoms with Crippen LogP contribution >= 0.6 is 0 Å². The van der Waals surface area contributed by atoms with Gasteiger partial charge in [-0.05, 0) is 24.3 Å². The Kier molecular flexibility index (Phi) is 4.63. The molecule has 0 spiro atoms. The van der Waals surface area contributed by atoms with Gasteiger partial charge in [0.2, 0.25) is 10.0 Å². The summed E-state index contributed by atoms with van der Waals surface area (Å²) < 4.78 is 66.5. The molecule has 1 aliphatic carbocycles. The van der Waals surface area contributed by atoms with Crippen LogP contribution in [0.4, 0.5) is 13.2 Å². The number of halogens is 3. The van der Waals surface area contributed by atoms with Crippen LogP contribution < -0.4 is 4.72 Å². The third-order valence-corrected chi connectivity index (χ3v) is 5.78. The van der Waals surface area contributed by atoms with Gasteiger partial charge in [0.1, 0.15) is 10.7 Å². The highest BCUT2D eigenvalue weighted by molar-refractivity contribution is 7.89.